The SMILES string of the molecule is COC(C)(C)C[O][Hf]([O]CC(C)(C)OC)([O]C(C)(C)C)[O]C(C)(C)C. The molecule has 0 rings (SSSR count). The van der Waals surface area contributed by atoms with Crippen LogP contribution >= 0.6 is 0 Å². The number of hydrogen-bond donors (Lipinski definition) is 0. The molecule has 0 amide bonds. The summed E-state index contributed by atoms with van der Waals surface area (Å²) < 4.78 is 36.1. The molecule has 0 aliphatic heterocycles. The monoisotopic (exact) mass is 532 g/mol. The third-order valence-corrected chi connectivity index (χ3v) is 12.9. The zero-order valence-electron chi connectivity index (χ0n) is 18.4. The Morgan fingerprint density at radius 3 is 1.04 bits per heavy atom. The van der Waals surface area contributed by atoms with Gasteiger partial charge in [-0.05, 0) is 0 Å². The fraction of sp³-hybridized carbons (Fsp3) is 1.00. The van der Waals surface area contributed by atoms with Crippen molar-refractivity contribution in [3.8, 4) is 0 Å². The van der Waals surface area contributed by atoms with Crippen LogP contribution in [0.4, 0.5) is 0 Å². The van der Waals surface area contributed by atoms with Crippen molar-refractivity contribution in [3.63, 3.8) is 0 Å². The molecule has 0 saturated heterocycles. The Balaban J connectivity index is 5.62. The predicted molar refractivity (Wildman–Crippen MR) is 95.8 cm³/mol. The summed E-state index contributed by atoms with van der Waals surface area (Å²) in [5.74, 6) is 0. The second-order valence-electron chi connectivity index (χ2n) is 9.43. The van der Waals surface area contributed by atoms with Crippen molar-refractivity contribution in [1.82, 2.24) is 0 Å². The van der Waals surface area contributed by atoms with Gasteiger partial charge in [-0.1, -0.05) is 0 Å². The second kappa shape index (κ2) is 9.22. The molecule has 0 aliphatic carbocycles. The molecule has 0 unspecified atom stereocenters. The van der Waals surface area contributed by atoms with Crippen molar-refractivity contribution in [2.75, 3.05) is 27.4 Å². The van der Waals surface area contributed by atoms with Crippen molar-refractivity contribution in [1.29, 1.82) is 0 Å². The van der Waals surface area contributed by atoms with Crippen LogP contribution in [0.2, 0.25) is 0 Å². The first-order chi connectivity index (χ1) is 10.9. The standard InChI is InChI=1S/2C5H11O2.2C4H9O.Hf/c2*1-5(2,4-6)7-3;2*1-4(2,3)5;/h2*4H2,1-3H3;2*1-3H3;/q4*-1;+4. The van der Waals surface area contributed by atoms with Crippen LogP contribution in [0.25, 0.3) is 0 Å². The van der Waals surface area contributed by atoms with E-state index < -0.39 is 44.1 Å². The number of methoxy groups -OCH3 is 2. The van der Waals surface area contributed by atoms with Gasteiger partial charge >= 0.3 is 162 Å². The molecule has 0 aliphatic rings. The molecular weight excluding hydrogens is 491 g/mol. The Bertz CT molecular complexity index is 357. The molecule has 25 heavy (non-hydrogen) atoms. The van der Waals surface area contributed by atoms with Crippen molar-refractivity contribution in [3.05, 3.63) is 0 Å². The Labute approximate surface area is 161 Å². The van der Waals surface area contributed by atoms with Crippen molar-refractivity contribution < 1.29 is 42.6 Å². The molecule has 0 aromatic carbocycles. The summed E-state index contributed by atoms with van der Waals surface area (Å²) in [5, 5.41) is 0. The minimum absolute atomic E-state index is 0.324. The summed E-state index contributed by atoms with van der Waals surface area (Å²) in [6.45, 7) is 20.3. The van der Waals surface area contributed by atoms with E-state index in [1.165, 1.54) is 0 Å². The van der Waals surface area contributed by atoms with E-state index >= 15 is 0 Å². The van der Waals surface area contributed by atoms with Gasteiger partial charge in [-0.2, -0.15) is 0 Å². The molecule has 0 N–H and O–H groups in total. The summed E-state index contributed by atoms with van der Waals surface area (Å²) in [7, 11) is 3.32. The van der Waals surface area contributed by atoms with E-state index in [0.29, 0.717) is 13.2 Å². The van der Waals surface area contributed by atoms with Gasteiger partial charge in [-0.25, -0.2) is 0 Å². The maximum atomic E-state index is 6.33. The third-order valence-electron chi connectivity index (χ3n) is 3.16. The number of rotatable bonds is 10. The molecule has 0 saturated carbocycles. The zero-order valence-corrected chi connectivity index (χ0v) is 22.0. The second-order valence-corrected chi connectivity index (χ2v) is 16.6. The Hall–Kier alpha value is 0.630. The van der Waals surface area contributed by atoms with Gasteiger partial charge in [-0.3, -0.25) is 0 Å². The summed E-state index contributed by atoms with van der Waals surface area (Å²) in [6, 6.07) is 0. The molecular formula is C18H40HfO6. The summed E-state index contributed by atoms with van der Waals surface area (Å²) >= 11 is -4.56. The fourth-order valence-corrected chi connectivity index (χ4v) is 12.0. The van der Waals surface area contributed by atoms with Crippen LogP contribution in [-0.4, -0.2) is 49.8 Å². The fourth-order valence-electron chi connectivity index (χ4n) is 1.57. The quantitative estimate of drug-likeness (QED) is 0.392. The van der Waals surface area contributed by atoms with Gasteiger partial charge in [0.15, 0.2) is 0 Å². The van der Waals surface area contributed by atoms with Crippen LogP contribution in [0, 0.1) is 0 Å². The van der Waals surface area contributed by atoms with Gasteiger partial charge in [0.25, 0.3) is 0 Å². The first kappa shape index (κ1) is 25.6. The van der Waals surface area contributed by atoms with Crippen molar-refractivity contribution in [2.24, 2.45) is 0 Å². The van der Waals surface area contributed by atoms with E-state index in [1.807, 2.05) is 69.2 Å². The van der Waals surface area contributed by atoms with Gasteiger partial charge in [0, 0.05) is 0 Å². The molecule has 0 bridgehead atoms. The van der Waals surface area contributed by atoms with Crippen molar-refractivity contribution in [2.45, 2.75) is 91.6 Å². The minimum atomic E-state index is -4.56. The van der Waals surface area contributed by atoms with E-state index in [9.17, 15) is 0 Å². The van der Waals surface area contributed by atoms with E-state index in [0.717, 1.165) is 0 Å². The van der Waals surface area contributed by atoms with Crippen LogP contribution in [0.5, 0.6) is 0 Å². The van der Waals surface area contributed by atoms with Crippen LogP contribution in [0.1, 0.15) is 69.2 Å². The first-order valence-electron chi connectivity index (χ1n) is 8.73. The van der Waals surface area contributed by atoms with E-state index in [4.69, 9.17) is 20.9 Å². The summed E-state index contributed by atoms with van der Waals surface area (Å²) in [6.07, 6.45) is 0. The molecule has 0 heterocycles. The van der Waals surface area contributed by atoms with Gasteiger partial charge < -0.3 is 0 Å². The van der Waals surface area contributed by atoms with Crippen LogP contribution in [0.15, 0.2) is 0 Å². The molecule has 0 fully saturated rings. The third kappa shape index (κ3) is 11.8. The molecule has 6 nitrogen and oxygen atoms in total. The van der Waals surface area contributed by atoms with Gasteiger partial charge in [0.05, 0.1) is 0 Å². The average molecular weight is 531 g/mol. The number of ether oxygens (including phenoxy) is 2. The Morgan fingerprint density at radius 2 is 0.840 bits per heavy atom. The van der Waals surface area contributed by atoms with Gasteiger partial charge in [0.1, 0.15) is 0 Å². The first-order valence-corrected chi connectivity index (χ1v) is 14.6. The average Bonchev–Trinajstić information content (AvgIpc) is 2.40. The van der Waals surface area contributed by atoms with Gasteiger partial charge in [0.2, 0.25) is 0 Å². The van der Waals surface area contributed by atoms with Crippen LogP contribution in [-0.2, 0) is 42.6 Å². The molecule has 0 radical (unpaired) electrons. The van der Waals surface area contributed by atoms with Crippen molar-refractivity contribution >= 4 is 0 Å². The van der Waals surface area contributed by atoms with E-state index in [-0.39, 0.29) is 0 Å². The molecule has 7 heteroatoms. The zero-order chi connectivity index (χ0) is 20.2. The Kier molecular flexibility index (Phi) is 9.45. The Morgan fingerprint density at radius 1 is 0.560 bits per heavy atom. The summed E-state index contributed by atoms with van der Waals surface area (Å²) in [5.41, 5.74) is -1.84. The molecule has 0 atom stereocenters. The molecule has 0 aromatic heterocycles. The van der Waals surface area contributed by atoms with E-state index in [1.54, 1.807) is 14.2 Å². The summed E-state index contributed by atoms with van der Waals surface area (Å²) in [4.78, 5) is 0. The normalized spacial score (nSPS) is 14.9. The van der Waals surface area contributed by atoms with E-state index in [2.05, 4.69) is 0 Å². The number of hydrogen-bond acceptors (Lipinski definition) is 6. The molecule has 0 spiro atoms. The maximum absolute atomic E-state index is 6.33. The van der Waals surface area contributed by atoms with Crippen LogP contribution in [0.3, 0.4) is 0 Å². The van der Waals surface area contributed by atoms with Gasteiger partial charge in [-0.15, -0.1) is 0 Å². The molecule has 152 valence electrons. The topological polar surface area (TPSA) is 55.4 Å². The predicted octanol–water partition coefficient (Wildman–Crippen LogP) is 4.31. The molecule has 0 aromatic rings. The van der Waals surface area contributed by atoms with Crippen LogP contribution < -0.4 is 0 Å².